The van der Waals surface area contributed by atoms with Gasteiger partial charge in [-0.25, -0.2) is 5.48 Å². The maximum atomic E-state index is 14.4. The maximum Gasteiger partial charge on any atom is 0.311 e. The molecule has 8 heteroatoms. The van der Waals surface area contributed by atoms with Crippen LogP contribution in [0.1, 0.15) is 77.2 Å². The van der Waals surface area contributed by atoms with Gasteiger partial charge in [0.05, 0.1) is 31.1 Å². The molecule has 1 saturated carbocycles. The molecule has 1 N–H and O–H groups in total. The Morgan fingerprint density at radius 2 is 1.71 bits per heavy atom. The molecule has 214 valence electrons. The number of esters is 1. The van der Waals surface area contributed by atoms with Crippen LogP contribution in [0.2, 0.25) is 5.02 Å². The molecule has 1 heterocycles. The topological polar surface area (TPSA) is 84.9 Å². The predicted molar refractivity (Wildman–Crippen MR) is 156 cm³/mol. The molecular weight excluding hydrogens is 540 g/mol. The molecule has 0 bridgehead atoms. The van der Waals surface area contributed by atoms with E-state index in [1.165, 1.54) is 0 Å². The van der Waals surface area contributed by atoms with Crippen molar-refractivity contribution >= 4 is 29.4 Å². The van der Waals surface area contributed by atoms with Gasteiger partial charge in [0.2, 0.25) is 0 Å². The smallest absolute Gasteiger partial charge is 0.311 e. The van der Waals surface area contributed by atoms with Crippen LogP contribution in [0, 0.1) is 12.8 Å². The number of rotatable bonds is 8. The van der Waals surface area contributed by atoms with Crippen molar-refractivity contribution in [3.8, 4) is 0 Å². The van der Waals surface area contributed by atoms with Crippen LogP contribution in [0.15, 0.2) is 72.8 Å². The largest absolute Gasteiger partial charge is 0.466 e. The van der Waals surface area contributed by atoms with Gasteiger partial charge in [-0.05, 0) is 67.1 Å². The SMILES string of the molecule is CCOC(=O)C1CCCCC1N1C(=O)c2ccccc2C(C(=O)NOCc2ccccc2)C1c1ccc(Cl)cc1C. The minimum Gasteiger partial charge on any atom is -0.466 e. The summed E-state index contributed by atoms with van der Waals surface area (Å²) in [6, 6.07) is 21.2. The first-order valence-electron chi connectivity index (χ1n) is 14.2. The molecule has 2 aliphatic rings. The minimum atomic E-state index is -0.788. The van der Waals surface area contributed by atoms with Gasteiger partial charge in [-0.1, -0.05) is 79.0 Å². The van der Waals surface area contributed by atoms with E-state index in [2.05, 4.69) is 5.48 Å². The van der Waals surface area contributed by atoms with Gasteiger partial charge in [0.1, 0.15) is 0 Å². The van der Waals surface area contributed by atoms with Gasteiger partial charge in [-0.15, -0.1) is 0 Å². The van der Waals surface area contributed by atoms with E-state index in [-0.39, 0.29) is 31.0 Å². The first kappa shape index (κ1) is 28.8. The Morgan fingerprint density at radius 1 is 0.976 bits per heavy atom. The fourth-order valence-corrected chi connectivity index (χ4v) is 6.52. The van der Waals surface area contributed by atoms with Crippen molar-refractivity contribution < 1.29 is 24.0 Å². The highest BCUT2D eigenvalue weighted by molar-refractivity contribution is 6.30. The van der Waals surface area contributed by atoms with Crippen LogP contribution in [0.3, 0.4) is 0 Å². The van der Waals surface area contributed by atoms with Crippen molar-refractivity contribution in [1.29, 1.82) is 0 Å². The lowest BCUT2D eigenvalue weighted by molar-refractivity contribution is -0.152. The van der Waals surface area contributed by atoms with Gasteiger partial charge in [0, 0.05) is 16.6 Å². The lowest BCUT2D eigenvalue weighted by Gasteiger charge is -2.48. The van der Waals surface area contributed by atoms with Crippen LogP contribution in [-0.2, 0) is 25.8 Å². The van der Waals surface area contributed by atoms with Crippen molar-refractivity contribution in [3.05, 3.63) is 106 Å². The molecular formula is C33H35ClN2O5. The van der Waals surface area contributed by atoms with E-state index in [4.69, 9.17) is 21.2 Å². The number of hydrogen-bond acceptors (Lipinski definition) is 5. The number of carbonyl (C=O) groups is 3. The molecule has 7 nitrogen and oxygen atoms in total. The van der Waals surface area contributed by atoms with Crippen LogP contribution >= 0.6 is 11.6 Å². The van der Waals surface area contributed by atoms with Crippen LogP contribution in [0.5, 0.6) is 0 Å². The number of aryl methyl sites for hydroxylation is 1. The molecule has 4 atom stereocenters. The molecule has 2 amide bonds. The third-order valence-corrected chi connectivity index (χ3v) is 8.37. The third-order valence-electron chi connectivity index (χ3n) is 8.14. The van der Waals surface area contributed by atoms with E-state index in [1.54, 1.807) is 30.0 Å². The zero-order chi connectivity index (χ0) is 28.9. The molecule has 0 aromatic heterocycles. The molecule has 1 aliphatic heterocycles. The molecule has 3 aromatic carbocycles. The second kappa shape index (κ2) is 12.9. The van der Waals surface area contributed by atoms with E-state index < -0.39 is 23.9 Å². The number of nitrogens with one attached hydrogen (secondary N) is 1. The fourth-order valence-electron chi connectivity index (χ4n) is 6.30. The standard InChI is InChI=1S/C33H35ClN2O5/c1-3-40-33(39)27-15-9-10-16-28(27)36-30(24-18-17-23(34)19-21(24)2)29(25-13-7-8-14-26(25)32(36)38)31(37)35-41-20-22-11-5-4-6-12-22/h4-8,11-14,17-19,27-30H,3,9-10,15-16,20H2,1-2H3,(H,35,37). The van der Waals surface area contributed by atoms with E-state index >= 15 is 0 Å². The van der Waals surface area contributed by atoms with Crippen molar-refractivity contribution in [2.75, 3.05) is 6.61 Å². The van der Waals surface area contributed by atoms with E-state index in [0.717, 1.165) is 29.5 Å². The Labute approximate surface area is 245 Å². The van der Waals surface area contributed by atoms with E-state index in [9.17, 15) is 14.4 Å². The summed E-state index contributed by atoms with van der Waals surface area (Å²) >= 11 is 6.33. The minimum absolute atomic E-state index is 0.196. The molecule has 0 radical (unpaired) electrons. The Morgan fingerprint density at radius 3 is 2.46 bits per heavy atom. The molecule has 4 unspecified atom stereocenters. The van der Waals surface area contributed by atoms with Gasteiger partial charge in [-0.3, -0.25) is 19.2 Å². The van der Waals surface area contributed by atoms with Gasteiger partial charge in [0.25, 0.3) is 11.8 Å². The second-order valence-electron chi connectivity index (χ2n) is 10.7. The highest BCUT2D eigenvalue weighted by Gasteiger charge is 2.50. The summed E-state index contributed by atoms with van der Waals surface area (Å²) < 4.78 is 5.46. The van der Waals surface area contributed by atoms with Crippen LogP contribution in [-0.4, -0.2) is 35.3 Å². The lowest BCUT2D eigenvalue weighted by Crippen LogP contribution is -2.55. The average Bonchev–Trinajstić information content (AvgIpc) is 2.98. The first-order chi connectivity index (χ1) is 19.9. The molecule has 0 spiro atoms. The zero-order valence-electron chi connectivity index (χ0n) is 23.3. The summed E-state index contributed by atoms with van der Waals surface area (Å²) in [4.78, 5) is 49.1. The summed E-state index contributed by atoms with van der Waals surface area (Å²) in [6.45, 7) is 4.17. The Bertz CT molecular complexity index is 1410. The van der Waals surface area contributed by atoms with Crippen molar-refractivity contribution in [2.45, 2.75) is 64.1 Å². The van der Waals surface area contributed by atoms with Crippen LogP contribution in [0.4, 0.5) is 0 Å². The van der Waals surface area contributed by atoms with Crippen molar-refractivity contribution in [3.63, 3.8) is 0 Å². The van der Waals surface area contributed by atoms with Crippen LogP contribution in [0.25, 0.3) is 0 Å². The zero-order valence-corrected chi connectivity index (χ0v) is 24.1. The number of amides is 2. The first-order valence-corrected chi connectivity index (χ1v) is 14.6. The maximum absolute atomic E-state index is 14.4. The second-order valence-corrected chi connectivity index (χ2v) is 11.1. The third kappa shape index (κ3) is 6.02. The van der Waals surface area contributed by atoms with Gasteiger partial charge < -0.3 is 9.64 Å². The molecule has 1 fully saturated rings. The lowest BCUT2D eigenvalue weighted by atomic mass is 9.74. The molecule has 41 heavy (non-hydrogen) atoms. The Balaban J connectivity index is 1.60. The highest BCUT2D eigenvalue weighted by Crippen LogP contribution is 2.48. The fraction of sp³-hybridized carbons (Fsp3) is 0.364. The number of halogens is 1. The number of nitrogens with zero attached hydrogens (tertiary/aromatic N) is 1. The van der Waals surface area contributed by atoms with Gasteiger partial charge >= 0.3 is 5.97 Å². The predicted octanol–water partition coefficient (Wildman–Crippen LogP) is 6.30. The number of hydrogen-bond donors (Lipinski definition) is 1. The number of hydroxylamine groups is 1. The highest BCUT2D eigenvalue weighted by atomic mass is 35.5. The number of benzene rings is 3. The summed E-state index contributed by atoms with van der Waals surface area (Å²) in [7, 11) is 0. The monoisotopic (exact) mass is 574 g/mol. The molecule has 1 aliphatic carbocycles. The summed E-state index contributed by atoms with van der Waals surface area (Å²) in [6.07, 6.45) is 3.01. The summed E-state index contributed by atoms with van der Waals surface area (Å²) in [5, 5.41) is 0.564. The van der Waals surface area contributed by atoms with Crippen molar-refractivity contribution in [1.82, 2.24) is 10.4 Å². The molecule has 5 rings (SSSR count). The summed E-state index contributed by atoms with van der Waals surface area (Å²) in [5.41, 5.74) is 6.31. The van der Waals surface area contributed by atoms with E-state index in [0.29, 0.717) is 29.0 Å². The van der Waals surface area contributed by atoms with E-state index in [1.807, 2.05) is 61.5 Å². The average molecular weight is 575 g/mol. The Hall–Kier alpha value is -3.68. The molecule has 3 aromatic rings. The van der Waals surface area contributed by atoms with Crippen molar-refractivity contribution in [2.24, 2.45) is 5.92 Å². The number of ether oxygens (including phenoxy) is 1. The number of fused-ring (bicyclic) bond motifs is 1. The number of carbonyl (C=O) groups excluding carboxylic acids is 3. The summed E-state index contributed by atoms with van der Waals surface area (Å²) in [5.74, 6) is -2.14. The molecule has 0 saturated heterocycles. The Kier molecular flexibility index (Phi) is 9.06. The van der Waals surface area contributed by atoms with Crippen LogP contribution < -0.4 is 5.48 Å². The van der Waals surface area contributed by atoms with Gasteiger partial charge in [-0.2, -0.15) is 0 Å². The normalized spacial score (nSPS) is 22.1. The quantitative estimate of drug-likeness (QED) is 0.252. The van der Waals surface area contributed by atoms with Gasteiger partial charge in [0.15, 0.2) is 0 Å².